The minimum atomic E-state index is -0.977. The number of aryl methyl sites for hydroxylation is 2. The topological polar surface area (TPSA) is 144 Å². The van der Waals surface area contributed by atoms with Gasteiger partial charge in [-0.05, 0) is 44.0 Å². The fraction of sp³-hybridized carbons (Fsp3) is 0.250. The van der Waals surface area contributed by atoms with Crippen LogP contribution in [-0.2, 0) is 0 Å². The largest absolute Gasteiger partial charge is 0.478 e. The average molecular weight is 331 g/mol. The number of nitrogens with zero attached hydrogens (tertiary/aromatic N) is 2. The molecule has 0 aromatic carbocycles. The van der Waals surface area contributed by atoms with Crippen LogP contribution in [0.4, 0.5) is 11.6 Å². The number of nitrogens with one attached hydrogen (secondary N) is 1. The highest BCUT2D eigenvalue weighted by molar-refractivity contribution is 5.95. The zero-order chi connectivity index (χ0) is 18.3. The van der Waals surface area contributed by atoms with Crippen LogP contribution in [0.15, 0.2) is 24.5 Å². The number of hydrogen-bond donors (Lipinski definition) is 4. The first-order chi connectivity index (χ1) is 11.3. The molecule has 0 radical (unpaired) electrons. The fourth-order valence-corrected chi connectivity index (χ4v) is 1.87. The lowest BCUT2D eigenvalue weighted by molar-refractivity contribution is 0.0695. The third kappa shape index (κ3) is 5.24. The van der Waals surface area contributed by atoms with Crippen molar-refractivity contribution in [3.05, 3.63) is 46.8 Å². The molecule has 0 bridgehead atoms. The highest BCUT2D eigenvalue weighted by atomic mass is 16.4. The molecule has 0 fully saturated rings. The Balaban J connectivity index is 0.000000243. The van der Waals surface area contributed by atoms with E-state index in [4.69, 9.17) is 16.6 Å². The monoisotopic (exact) mass is 331 g/mol. The lowest BCUT2D eigenvalue weighted by atomic mass is 10.1. The predicted molar refractivity (Wildman–Crippen MR) is 91.7 cm³/mol. The number of nitrogen functional groups attached to an aromatic ring is 2. The van der Waals surface area contributed by atoms with Crippen LogP contribution in [0.3, 0.4) is 0 Å². The molecule has 8 nitrogen and oxygen atoms in total. The van der Waals surface area contributed by atoms with Crippen LogP contribution in [-0.4, -0.2) is 33.5 Å². The van der Waals surface area contributed by atoms with E-state index in [0.29, 0.717) is 29.3 Å². The molecule has 2 heterocycles. The summed E-state index contributed by atoms with van der Waals surface area (Å²) < 4.78 is 0. The molecular formula is C16H21N5O3. The van der Waals surface area contributed by atoms with Gasteiger partial charge in [0.15, 0.2) is 0 Å². The van der Waals surface area contributed by atoms with Gasteiger partial charge in [0.05, 0.1) is 11.1 Å². The summed E-state index contributed by atoms with van der Waals surface area (Å²) in [4.78, 5) is 29.4. The van der Waals surface area contributed by atoms with E-state index in [0.717, 1.165) is 5.56 Å². The molecule has 0 atom stereocenters. The number of aromatic carboxylic acids is 1. The van der Waals surface area contributed by atoms with Gasteiger partial charge in [0.25, 0.3) is 5.91 Å². The van der Waals surface area contributed by atoms with Gasteiger partial charge in [-0.15, -0.1) is 0 Å². The van der Waals surface area contributed by atoms with Crippen LogP contribution in [0.2, 0.25) is 0 Å². The lowest BCUT2D eigenvalue weighted by Crippen LogP contribution is -2.23. The van der Waals surface area contributed by atoms with Crippen LogP contribution in [0.5, 0.6) is 0 Å². The summed E-state index contributed by atoms with van der Waals surface area (Å²) in [5, 5.41) is 11.3. The van der Waals surface area contributed by atoms with Crippen molar-refractivity contribution >= 4 is 23.5 Å². The molecular weight excluding hydrogens is 310 g/mol. The molecule has 0 aliphatic rings. The Hall–Kier alpha value is -3.16. The van der Waals surface area contributed by atoms with Crippen LogP contribution in [0.1, 0.15) is 38.8 Å². The number of carbonyl (C=O) groups is 2. The highest BCUT2D eigenvalue weighted by Gasteiger charge is 2.08. The number of amides is 1. The van der Waals surface area contributed by atoms with Crippen molar-refractivity contribution in [3.63, 3.8) is 0 Å². The predicted octanol–water partition coefficient (Wildman–Crippen LogP) is 1.39. The molecule has 0 spiro atoms. The number of carbonyl (C=O) groups excluding carboxylic acids is 1. The van der Waals surface area contributed by atoms with Crippen molar-refractivity contribution < 1.29 is 14.7 Å². The molecule has 0 saturated carbocycles. The Morgan fingerprint density at radius 3 is 1.88 bits per heavy atom. The molecule has 0 saturated heterocycles. The van der Waals surface area contributed by atoms with Gasteiger partial charge < -0.3 is 21.9 Å². The summed E-state index contributed by atoms with van der Waals surface area (Å²) in [7, 11) is 0. The smallest absolute Gasteiger partial charge is 0.337 e. The minimum Gasteiger partial charge on any atom is -0.478 e. The standard InChI is InChI=1S/C9H13N3O.C7H8N2O2/c1-3-11-9(13)7-5-12-8(10)4-6(7)2;1-4-2-6(8)9-3-5(4)7(10)11/h4-5H,3H2,1-2H3,(H2,10,12)(H,11,13);2-3H,1H3,(H2,8,9)(H,10,11). The zero-order valence-electron chi connectivity index (χ0n) is 13.8. The van der Waals surface area contributed by atoms with Gasteiger partial charge >= 0.3 is 5.97 Å². The molecule has 8 heteroatoms. The second kappa shape index (κ2) is 8.47. The fourth-order valence-electron chi connectivity index (χ4n) is 1.87. The quantitative estimate of drug-likeness (QED) is 0.665. The van der Waals surface area contributed by atoms with E-state index in [-0.39, 0.29) is 11.5 Å². The van der Waals surface area contributed by atoms with Gasteiger partial charge in [-0.3, -0.25) is 4.79 Å². The van der Waals surface area contributed by atoms with E-state index >= 15 is 0 Å². The summed E-state index contributed by atoms with van der Waals surface area (Å²) in [6.45, 7) is 6.00. The van der Waals surface area contributed by atoms with E-state index in [9.17, 15) is 9.59 Å². The summed E-state index contributed by atoms with van der Waals surface area (Å²) >= 11 is 0. The number of carboxylic acids is 1. The molecule has 0 unspecified atom stereocenters. The number of rotatable bonds is 3. The Labute approximate surface area is 139 Å². The van der Waals surface area contributed by atoms with Crippen molar-refractivity contribution in [2.45, 2.75) is 20.8 Å². The Morgan fingerprint density at radius 1 is 1.04 bits per heavy atom. The second-order valence-corrected chi connectivity index (χ2v) is 5.01. The maximum absolute atomic E-state index is 11.4. The van der Waals surface area contributed by atoms with Gasteiger partial charge in [0, 0.05) is 18.9 Å². The molecule has 128 valence electrons. The third-order valence-electron chi connectivity index (χ3n) is 3.08. The average Bonchev–Trinajstić information content (AvgIpc) is 2.47. The van der Waals surface area contributed by atoms with E-state index in [1.165, 1.54) is 18.5 Å². The Morgan fingerprint density at radius 2 is 1.50 bits per heavy atom. The number of carboxylic acid groups (broad SMARTS) is 1. The number of pyridine rings is 2. The Kier molecular flexibility index (Phi) is 6.66. The van der Waals surface area contributed by atoms with E-state index in [1.54, 1.807) is 13.0 Å². The molecule has 24 heavy (non-hydrogen) atoms. The summed E-state index contributed by atoms with van der Waals surface area (Å²) in [5.41, 5.74) is 13.0. The molecule has 0 aliphatic heterocycles. The summed E-state index contributed by atoms with van der Waals surface area (Å²) in [6, 6.07) is 3.22. The minimum absolute atomic E-state index is 0.104. The van der Waals surface area contributed by atoms with Gasteiger partial charge in [-0.25, -0.2) is 14.8 Å². The maximum atomic E-state index is 11.4. The van der Waals surface area contributed by atoms with Crippen molar-refractivity contribution in [3.8, 4) is 0 Å². The first-order valence-corrected chi connectivity index (χ1v) is 7.22. The third-order valence-corrected chi connectivity index (χ3v) is 3.08. The molecule has 6 N–H and O–H groups in total. The number of anilines is 2. The first-order valence-electron chi connectivity index (χ1n) is 7.22. The number of hydrogen-bond acceptors (Lipinski definition) is 6. The number of aromatic nitrogens is 2. The normalized spacial score (nSPS) is 9.62. The summed E-state index contributed by atoms with van der Waals surface area (Å²) in [5.74, 6) is -0.305. The van der Waals surface area contributed by atoms with Crippen molar-refractivity contribution in [2.24, 2.45) is 0 Å². The highest BCUT2D eigenvalue weighted by Crippen LogP contribution is 2.09. The molecule has 2 aromatic rings. The maximum Gasteiger partial charge on any atom is 0.337 e. The second-order valence-electron chi connectivity index (χ2n) is 5.01. The van der Waals surface area contributed by atoms with Crippen molar-refractivity contribution in [2.75, 3.05) is 18.0 Å². The van der Waals surface area contributed by atoms with Crippen molar-refractivity contribution in [1.82, 2.24) is 15.3 Å². The SMILES string of the molecule is CCNC(=O)c1cnc(N)cc1C.Cc1cc(N)ncc1C(=O)O. The molecule has 0 aliphatic carbocycles. The zero-order valence-corrected chi connectivity index (χ0v) is 13.8. The molecule has 1 amide bonds. The summed E-state index contributed by atoms with van der Waals surface area (Å²) in [6.07, 6.45) is 2.75. The van der Waals surface area contributed by atoms with Crippen LogP contribution >= 0.6 is 0 Å². The van der Waals surface area contributed by atoms with Crippen LogP contribution < -0.4 is 16.8 Å². The molecule has 2 aromatic heterocycles. The van der Waals surface area contributed by atoms with Gasteiger partial charge in [-0.2, -0.15) is 0 Å². The van der Waals surface area contributed by atoms with E-state index < -0.39 is 5.97 Å². The number of nitrogens with two attached hydrogens (primary N) is 2. The van der Waals surface area contributed by atoms with Gasteiger partial charge in [0.2, 0.25) is 0 Å². The van der Waals surface area contributed by atoms with Crippen molar-refractivity contribution in [1.29, 1.82) is 0 Å². The van der Waals surface area contributed by atoms with Gasteiger partial charge in [-0.1, -0.05) is 0 Å². The van der Waals surface area contributed by atoms with E-state index in [2.05, 4.69) is 15.3 Å². The Bertz CT molecular complexity index is 746. The molecule has 2 rings (SSSR count). The first kappa shape index (κ1) is 18.9. The van der Waals surface area contributed by atoms with E-state index in [1.807, 2.05) is 13.8 Å². The van der Waals surface area contributed by atoms with Crippen LogP contribution in [0, 0.1) is 13.8 Å². The van der Waals surface area contributed by atoms with Gasteiger partial charge in [0.1, 0.15) is 11.6 Å². The lowest BCUT2D eigenvalue weighted by Gasteiger charge is -2.05. The van der Waals surface area contributed by atoms with Crippen LogP contribution in [0.25, 0.3) is 0 Å².